The van der Waals surface area contributed by atoms with Gasteiger partial charge in [-0.2, -0.15) is 0 Å². The molecule has 1 saturated carbocycles. The molecule has 0 spiro atoms. The van der Waals surface area contributed by atoms with Crippen molar-refractivity contribution in [1.82, 2.24) is 4.90 Å². The van der Waals surface area contributed by atoms with Gasteiger partial charge in [0.2, 0.25) is 5.91 Å². The first kappa shape index (κ1) is 11.5. The molecule has 3 rings (SSSR count). The van der Waals surface area contributed by atoms with Crippen LogP contribution in [0.15, 0.2) is 24.3 Å². The number of likely N-dealkylation sites (tertiary alicyclic amines) is 1. The first-order valence-corrected chi connectivity index (χ1v) is 6.63. The molecule has 1 saturated heterocycles. The van der Waals surface area contributed by atoms with Crippen LogP contribution in [-0.2, 0) is 0 Å². The van der Waals surface area contributed by atoms with Crippen LogP contribution in [0.25, 0.3) is 0 Å². The molecule has 1 atom stereocenters. The number of hydrogen-bond donors (Lipinski definition) is 2. The number of hydrogen-bond acceptors (Lipinski definition) is 3. The molecule has 1 aromatic rings. The zero-order valence-corrected chi connectivity index (χ0v) is 10.4. The van der Waals surface area contributed by atoms with Gasteiger partial charge in [0, 0.05) is 36.4 Å². The lowest BCUT2D eigenvalue weighted by Gasteiger charge is -2.16. The fraction of sp³-hybridized carbons (Fsp3) is 0.500. The normalized spacial score (nSPS) is 24.1. The third-order valence-electron chi connectivity index (χ3n) is 3.80. The van der Waals surface area contributed by atoms with E-state index in [9.17, 15) is 4.79 Å². The van der Waals surface area contributed by atoms with Crippen LogP contribution in [0.1, 0.15) is 29.6 Å². The molecule has 18 heavy (non-hydrogen) atoms. The Balaban J connectivity index is 1.62. The van der Waals surface area contributed by atoms with E-state index in [-0.39, 0.29) is 5.91 Å². The van der Waals surface area contributed by atoms with E-state index in [1.54, 1.807) is 6.07 Å². The summed E-state index contributed by atoms with van der Waals surface area (Å²) in [5, 5.41) is 3.50. The van der Waals surface area contributed by atoms with Gasteiger partial charge >= 0.3 is 0 Å². The van der Waals surface area contributed by atoms with Crippen molar-refractivity contribution in [2.45, 2.75) is 31.3 Å². The molecule has 2 aliphatic rings. The van der Waals surface area contributed by atoms with E-state index < -0.39 is 0 Å². The minimum absolute atomic E-state index is 0.371. The molecule has 1 heterocycles. The van der Waals surface area contributed by atoms with Crippen LogP contribution in [0.2, 0.25) is 0 Å². The Hall–Kier alpha value is -1.55. The van der Waals surface area contributed by atoms with Crippen molar-refractivity contribution in [3.63, 3.8) is 0 Å². The summed E-state index contributed by atoms with van der Waals surface area (Å²) in [6.45, 7) is 2.31. The summed E-state index contributed by atoms with van der Waals surface area (Å²) in [5.74, 6) is -0.371. The highest BCUT2D eigenvalue weighted by molar-refractivity contribution is 5.93. The molecule has 0 radical (unpaired) electrons. The molecule has 3 N–H and O–H groups in total. The Morgan fingerprint density at radius 2 is 2.17 bits per heavy atom. The average molecular weight is 245 g/mol. The Morgan fingerprint density at radius 3 is 2.89 bits per heavy atom. The first-order chi connectivity index (χ1) is 8.72. The topological polar surface area (TPSA) is 58.4 Å². The molecular weight excluding hydrogens is 226 g/mol. The van der Waals surface area contributed by atoms with Crippen LogP contribution in [0, 0.1) is 0 Å². The largest absolute Gasteiger partial charge is 0.381 e. The zero-order valence-electron chi connectivity index (χ0n) is 10.4. The minimum atomic E-state index is -0.371. The summed E-state index contributed by atoms with van der Waals surface area (Å²) in [6.07, 6.45) is 3.91. The molecule has 2 fully saturated rings. The number of carbonyl (C=O) groups is 1. The van der Waals surface area contributed by atoms with Gasteiger partial charge in [0.25, 0.3) is 0 Å². The maximum Gasteiger partial charge on any atom is 0.248 e. The van der Waals surface area contributed by atoms with Crippen molar-refractivity contribution in [2.75, 3.05) is 18.4 Å². The van der Waals surface area contributed by atoms with Crippen LogP contribution in [0.3, 0.4) is 0 Å². The zero-order chi connectivity index (χ0) is 12.5. The SMILES string of the molecule is NC(=O)c1cccc(NC2CCN(C3CC3)C2)c1. The Kier molecular flexibility index (Phi) is 2.96. The Morgan fingerprint density at radius 1 is 1.33 bits per heavy atom. The van der Waals surface area contributed by atoms with Gasteiger partial charge in [-0.1, -0.05) is 6.07 Å². The van der Waals surface area contributed by atoms with Crippen LogP contribution < -0.4 is 11.1 Å². The number of benzene rings is 1. The van der Waals surface area contributed by atoms with E-state index in [0.717, 1.165) is 18.3 Å². The van der Waals surface area contributed by atoms with E-state index >= 15 is 0 Å². The second-order valence-corrected chi connectivity index (χ2v) is 5.30. The molecule has 1 unspecified atom stereocenters. The summed E-state index contributed by atoms with van der Waals surface area (Å²) < 4.78 is 0. The van der Waals surface area contributed by atoms with Gasteiger partial charge < -0.3 is 11.1 Å². The van der Waals surface area contributed by atoms with Gasteiger partial charge in [0.05, 0.1) is 0 Å². The highest BCUT2D eigenvalue weighted by atomic mass is 16.1. The molecule has 0 bridgehead atoms. The number of nitrogens with two attached hydrogens (primary N) is 1. The molecule has 96 valence electrons. The van der Waals surface area contributed by atoms with Crippen LogP contribution >= 0.6 is 0 Å². The summed E-state index contributed by atoms with van der Waals surface area (Å²) in [6, 6.07) is 8.78. The Bertz CT molecular complexity index is 456. The third kappa shape index (κ3) is 2.48. The van der Waals surface area contributed by atoms with Crippen LogP contribution in [0.5, 0.6) is 0 Å². The van der Waals surface area contributed by atoms with Gasteiger partial charge in [0.1, 0.15) is 0 Å². The fourth-order valence-electron chi connectivity index (χ4n) is 2.67. The van der Waals surface area contributed by atoms with Gasteiger partial charge in [0.15, 0.2) is 0 Å². The van der Waals surface area contributed by atoms with Crippen molar-refractivity contribution >= 4 is 11.6 Å². The van der Waals surface area contributed by atoms with Gasteiger partial charge in [-0.3, -0.25) is 9.69 Å². The van der Waals surface area contributed by atoms with Crippen LogP contribution in [0.4, 0.5) is 5.69 Å². The first-order valence-electron chi connectivity index (χ1n) is 6.63. The van der Waals surface area contributed by atoms with Crippen LogP contribution in [-0.4, -0.2) is 36.0 Å². The number of nitrogens with zero attached hydrogens (tertiary/aromatic N) is 1. The number of primary amides is 1. The lowest BCUT2D eigenvalue weighted by molar-refractivity contribution is 0.100. The molecule has 4 heteroatoms. The van der Waals surface area contributed by atoms with Crippen molar-refractivity contribution in [2.24, 2.45) is 5.73 Å². The molecule has 1 aromatic carbocycles. The molecule has 1 aliphatic heterocycles. The number of nitrogens with one attached hydrogen (secondary N) is 1. The fourth-order valence-corrected chi connectivity index (χ4v) is 2.67. The molecular formula is C14H19N3O. The smallest absolute Gasteiger partial charge is 0.248 e. The Labute approximate surface area is 107 Å². The van der Waals surface area contributed by atoms with Gasteiger partial charge in [-0.05, 0) is 37.5 Å². The van der Waals surface area contributed by atoms with E-state index in [4.69, 9.17) is 5.73 Å². The van der Waals surface area contributed by atoms with Crippen molar-refractivity contribution in [3.8, 4) is 0 Å². The van der Waals surface area contributed by atoms with E-state index in [1.807, 2.05) is 18.2 Å². The highest BCUT2D eigenvalue weighted by Crippen LogP contribution is 2.30. The molecule has 0 aromatic heterocycles. The second-order valence-electron chi connectivity index (χ2n) is 5.30. The van der Waals surface area contributed by atoms with E-state index in [1.165, 1.54) is 25.8 Å². The maximum atomic E-state index is 11.1. The second kappa shape index (κ2) is 4.61. The summed E-state index contributed by atoms with van der Waals surface area (Å²) >= 11 is 0. The maximum absolute atomic E-state index is 11.1. The lowest BCUT2D eigenvalue weighted by atomic mass is 10.1. The monoisotopic (exact) mass is 245 g/mol. The highest BCUT2D eigenvalue weighted by Gasteiger charge is 2.34. The molecule has 4 nitrogen and oxygen atoms in total. The number of anilines is 1. The number of rotatable bonds is 4. The predicted molar refractivity (Wildman–Crippen MR) is 71.6 cm³/mol. The number of amides is 1. The lowest BCUT2D eigenvalue weighted by Crippen LogP contribution is -2.27. The summed E-state index contributed by atoms with van der Waals surface area (Å²) in [7, 11) is 0. The quantitative estimate of drug-likeness (QED) is 0.843. The predicted octanol–water partition coefficient (Wildman–Crippen LogP) is 1.43. The standard InChI is InChI=1S/C14H19N3O/c15-14(18)10-2-1-3-11(8-10)16-12-6-7-17(9-12)13-4-5-13/h1-3,8,12-13,16H,4-7,9H2,(H2,15,18). The minimum Gasteiger partial charge on any atom is -0.381 e. The van der Waals surface area contributed by atoms with E-state index in [0.29, 0.717) is 11.6 Å². The summed E-state index contributed by atoms with van der Waals surface area (Å²) in [4.78, 5) is 13.7. The van der Waals surface area contributed by atoms with Gasteiger partial charge in [-0.15, -0.1) is 0 Å². The number of carbonyl (C=O) groups excluding carboxylic acids is 1. The van der Waals surface area contributed by atoms with Crippen molar-refractivity contribution < 1.29 is 4.79 Å². The third-order valence-corrected chi connectivity index (χ3v) is 3.80. The van der Waals surface area contributed by atoms with Gasteiger partial charge in [-0.25, -0.2) is 0 Å². The van der Waals surface area contributed by atoms with Crippen molar-refractivity contribution in [3.05, 3.63) is 29.8 Å². The summed E-state index contributed by atoms with van der Waals surface area (Å²) in [5.41, 5.74) is 6.85. The van der Waals surface area contributed by atoms with E-state index in [2.05, 4.69) is 10.2 Å². The average Bonchev–Trinajstić information content (AvgIpc) is 3.11. The molecule has 1 amide bonds. The van der Waals surface area contributed by atoms with Crippen molar-refractivity contribution in [1.29, 1.82) is 0 Å². The molecule has 1 aliphatic carbocycles.